The molecular weight excluding hydrogens is 260 g/mol. The summed E-state index contributed by atoms with van der Waals surface area (Å²) < 4.78 is 2.12. The number of pyridine rings is 1. The van der Waals surface area contributed by atoms with Crippen molar-refractivity contribution in [3.05, 3.63) is 30.1 Å². The first kappa shape index (κ1) is 15.8. The lowest BCUT2D eigenvalue weighted by molar-refractivity contribution is 0.502. The Balaban J connectivity index is 2.52. The molecule has 0 spiro atoms. The van der Waals surface area contributed by atoms with Gasteiger partial charge in [-0.3, -0.25) is 0 Å². The third-order valence-electron chi connectivity index (χ3n) is 4.02. The summed E-state index contributed by atoms with van der Waals surface area (Å²) in [4.78, 5) is 7.32. The van der Waals surface area contributed by atoms with E-state index >= 15 is 0 Å². The van der Waals surface area contributed by atoms with Crippen LogP contribution in [-0.4, -0.2) is 22.0 Å². The molecule has 21 heavy (non-hydrogen) atoms. The van der Waals surface area contributed by atoms with Gasteiger partial charge < -0.3 is 15.0 Å². The van der Waals surface area contributed by atoms with Crippen LogP contribution in [0.4, 0.5) is 5.82 Å². The Labute approximate surface area is 128 Å². The number of aromatic nitrogens is 2. The summed E-state index contributed by atoms with van der Waals surface area (Å²) in [6, 6.07) is 6.61. The smallest absolute Gasteiger partial charge is 0.152 e. The van der Waals surface area contributed by atoms with Gasteiger partial charge in [0.2, 0.25) is 0 Å². The van der Waals surface area contributed by atoms with Crippen LogP contribution in [0.1, 0.15) is 46.2 Å². The summed E-state index contributed by atoms with van der Waals surface area (Å²) in [5.41, 5.74) is 8.11. The molecule has 0 aliphatic rings. The van der Waals surface area contributed by atoms with Crippen LogP contribution in [0.2, 0.25) is 0 Å². The fourth-order valence-corrected chi connectivity index (χ4v) is 2.99. The van der Waals surface area contributed by atoms with Crippen molar-refractivity contribution in [1.82, 2.24) is 9.38 Å². The second-order valence-corrected chi connectivity index (χ2v) is 6.03. The van der Waals surface area contributed by atoms with Gasteiger partial charge in [0.05, 0.1) is 5.69 Å². The summed E-state index contributed by atoms with van der Waals surface area (Å²) in [5.74, 6) is 1.66. The van der Waals surface area contributed by atoms with Gasteiger partial charge in [0, 0.05) is 25.3 Å². The Morgan fingerprint density at radius 2 is 1.95 bits per heavy atom. The molecule has 0 aliphatic carbocycles. The van der Waals surface area contributed by atoms with Crippen LogP contribution in [0.15, 0.2) is 24.4 Å². The highest BCUT2D eigenvalue weighted by atomic mass is 15.3. The van der Waals surface area contributed by atoms with E-state index in [-0.39, 0.29) is 0 Å². The number of anilines is 1. The van der Waals surface area contributed by atoms with Crippen molar-refractivity contribution in [3.63, 3.8) is 0 Å². The third-order valence-corrected chi connectivity index (χ3v) is 4.02. The van der Waals surface area contributed by atoms with Gasteiger partial charge in [-0.05, 0) is 30.9 Å². The molecular formula is C17H28N4. The maximum Gasteiger partial charge on any atom is 0.152 e. The first-order valence-electron chi connectivity index (χ1n) is 8.04. The van der Waals surface area contributed by atoms with Crippen LogP contribution in [0, 0.1) is 5.92 Å². The summed E-state index contributed by atoms with van der Waals surface area (Å²) in [5, 5.41) is 0. The quantitative estimate of drug-likeness (QED) is 0.849. The molecule has 2 aromatic rings. The first-order chi connectivity index (χ1) is 10.1. The predicted octanol–water partition coefficient (Wildman–Crippen LogP) is 3.44. The molecule has 4 nitrogen and oxygen atoms in total. The van der Waals surface area contributed by atoms with Crippen LogP contribution >= 0.6 is 0 Å². The van der Waals surface area contributed by atoms with Gasteiger partial charge in [0.1, 0.15) is 5.65 Å². The number of fused-ring (bicyclic) bond motifs is 1. The van der Waals surface area contributed by atoms with Gasteiger partial charge in [-0.1, -0.05) is 33.8 Å². The third kappa shape index (κ3) is 3.21. The minimum absolute atomic E-state index is 0.509. The maximum absolute atomic E-state index is 6.03. The average molecular weight is 288 g/mol. The standard InChI is InChI=1S/C17H28N4/c1-5-14(6-2)21(12-13(3)4)17-15(11-18)20-10-8-7-9-16(20)19-17/h7-10,13-14H,5-6,11-12,18H2,1-4H3. The van der Waals surface area contributed by atoms with Gasteiger partial charge in [-0.25, -0.2) is 4.98 Å². The lowest BCUT2D eigenvalue weighted by Crippen LogP contribution is -2.38. The van der Waals surface area contributed by atoms with Gasteiger partial charge in [0.25, 0.3) is 0 Å². The van der Waals surface area contributed by atoms with Crippen molar-refractivity contribution in [1.29, 1.82) is 0 Å². The highest BCUT2D eigenvalue weighted by molar-refractivity contribution is 5.56. The van der Waals surface area contributed by atoms with E-state index in [9.17, 15) is 0 Å². The molecule has 0 bridgehead atoms. The van der Waals surface area contributed by atoms with E-state index in [1.54, 1.807) is 0 Å². The highest BCUT2D eigenvalue weighted by Gasteiger charge is 2.23. The summed E-state index contributed by atoms with van der Waals surface area (Å²) in [7, 11) is 0. The van der Waals surface area contributed by atoms with E-state index in [4.69, 9.17) is 10.7 Å². The minimum Gasteiger partial charge on any atom is -0.352 e. The number of nitrogens with zero attached hydrogens (tertiary/aromatic N) is 3. The van der Waals surface area contributed by atoms with Crippen molar-refractivity contribution in [2.75, 3.05) is 11.4 Å². The molecule has 0 unspecified atom stereocenters. The molecule has 2 N–H and O–H groups in total. The van der Waals surface area contributed by atoms with Crippen LogP contribution in [0.25, 0.3) is 5.65 Å². The van der Waals surface area contributed by atoms with E-state index in [1.807, 2.05) is 18.2 Å². The Hall–Kier alpha value is -1.55. The zero-order valence-corrected chi connectivity index (χ0v) is 13.7. The van der Waals surface area contributed by atoms with Crippen molar-refractivity contribution in [3.8, 4) is 0 Å². The second kappa shape index (κ2) is 6.94. The molecule has 0 saturated heterocycles. The van der Waals surface area contributed by atoms with Crippen LogP contribution in [-0.2, 0) is 6.54 Å². The topological polar surface area (TPSA) is 46.6 Å². The fourth-order valence-electron chi connectivity index (χ4n) is 2.99. The lowest BCUT2D eigenvalue weighted by Gasteiger charge is -2.33. The largest absolute Gasteiger partial charge is 0.352 e. The monoisotopic (exact) mass is 288 g/mol. The summed E-state index contributed by atoms with van der Waals surface area (Å²) in [6.45, 7) is 10.5. The highest BCUT2D eigenvalue weighted by Crippen LogP contribution is 2.26. The molecule has 0 atom stereocenters. The van der Waals surface area contributed by atoms with Crippen molar-refractivity contribution in [2.24, 2.45) is 11.7 Å². The molecule has 0 saturated carbocycles. The van der Waals surface area contributed by atoms with Crippen molar-refractivity contribution < 1.29 is 0 Å². The van der Waals surface area contributed by atoms with Gasteiger partial charge >= 0.3 is 0 Å². The molecule has 0 amide bonds. The second-order valence-electron chi connectivity index (χ2n) is 6.03. The maximum atomic E-state index is 6.03. The van der Waals surface area contributed by atoms with Crippen LogP contribution in [0.5, 0.6) is 0 Å². The summed E-state index contributed by atoms with van der Waals surface area (Å²) in [6.07, 6.45) is 4.30. The SMILES string of the molecule is CCC(CC)N(CC(C)C)c1nc2ccccn2c1CN. The molecule has 0 radical (unpaired) electrons. The molecule has 0 aliphatic heterocycles. The van der Waals surface area contributed by atoms with E-state index in [0.29, 0.717) is 18.5 Å². The van der Waals surface area contributed by atoms with Crippen LogP contribution in [0.3, 0.4) is 0 Å². The molecule has 4 heteroatoms. The Kier molecular flexibility index (Phi) is 5.23. The van der Waals surface area contributed by atoms with Gasteiger partial charge in [-0.2, -0.15) is 0 Å². The molecule has 116 valence electrons. The van der Waals surface area contributed by atoms with E-state index in [0.717, 1.165) is 36.5 Å². The molecule has 2 aromatic heterocycles. The molecule has 2 heterocycles. The number of rotatable bonds is 7. The van der Waals surface area contributed by atoms with E-state index in [2.05, 4.69) is 43.2 Å². The summed E-state index contributed by atoms with van der Waals surface area (Å²) >= 11 is 0. The number of imidazole rings is 1. The Morgan fingerprint density at radius 3 is 2.52 bits per heavy atom. The first-order valence-corrected chi connectivity index (χ1v) is 8.04. The number of nitrogens with two attached hydrogens (primary N) is 1. The number of hydrogen-bond donors (Lipinski definition) is 1. The minimum atomic E-state index is 0.509. The van der Waals surface area contributed by atoms with Gasteiger partial charge in [-0.15, -0.1) is 0 Å². The van der Waals surface area contributed by atoms with Crippen LogP contribution < -0.4 is 10.6 Å². The Bertz CT molecular complexity index is 569. The molecule has 2 rings (SSSR count). The Morgan fingerprint density at radius 1 is 1.24 bits per heavy atom. The number of hydrogen-bond acceptors (Lipinski definition) is 3. The molecule has 0 fully saturated rings. The van der Waals surface area contributed by atoms with Gasteiger partial charge in [0.15, 0.2) is 5.82 Å². The fraction of sp³-hybridized carbons (Fsp3) is 0.588. The zero-order valence-electron chi connectivity index (χ0n) is 13.7. The average Bonchev–Trinajstić information content (AvgIpc) is 2.85. The predicted molar refractivity (Wildman–Crippen MR) is 89.6 cm³/mol. The van der Waals surface area contributed by atoms with Crippen molar-refractivity contribution in [2.45, 2.75) is 53.1 Å². The lowest BCUT2D eigenvalue weighted by atomic mass is 10.1. The van der Waals surface area contributed by atoms with E-state index < -0.39 is 0 Å². The zero-order chi connectivity index (χ0) is 15.4. The molecule has 0 aromatic carbocycles. The normalized spacial score (nSPS) is 11.8. The van der Waals surface area contributed by atoms with Crippen molar-refractivity contribution >= 4 is 11.5 Å². The van der Waals surface area contributed by atoms with E-state index in [1.165, 1.54) is 0 Å².